The van der Waals surface area contributed by atoms with E-state index in [1.165, 1.54) is 16.0 Å². The highest BCUT2D eigenvalue weighted by Crippen LogP contribution is 2.27. The summed E-state index contributed by atoms with van der Waals surface area (Å²) in [6, 6.07) is 19.8. The van der Waals surface area contributed by atoms with Crippen LogP contribution in [0.4, 0.5) is 0 Å². The molecule has 0 aliphatic carbocycles. The van der Waals surface area contributed by atoms with E-state index in [1.807, 2.05) is 0 Å². The maximum absolute atomic E-state index is 6.36. The van der Waals surface area contributed by atoms with Gasteiger partial charge in [-0.05, 0) is 29.5 Å². The molecule has 0 unspecified atom stereocenters. The van der Waals surface area contributed by atoms with Gasteiger partial charge in [-0.1, -0.05) is 42.5 Å². The summed E-state index contributed by atoms with van der Waals surface area (Å²) in [6.07, 6.45) is 2.11. The van der Waals surface area contributed by atoms with E-state index in [1.54, 1.807) is 11.8 Å². The van der Waals surface area contributed by atoms with Crippen molar-refractivity contribution in [2.45, 2.75) is 23.4 Å². The Balaban J connectivity index is 0.00000176. The van der Waals surface area contributed by atoms with E-state index in [9.17, 15) is 0 Å². The molecule has 0 radical (unpaired) electrons. The average Bonchev–Trinajstić information content (AvgIpc) is 2.89. The van der Waals surface area contributed by atoms with Gasteiger partial charge in [0, 0.05) is 36.5 Å². The van der Waals surface area contributed by atoms with Gasteiger partial charge >= 0.3 is 0 Å². The molecule has 1 saturated heterocycles. The Morgan fingerprint density at radius 3 is 2.36 bits per heavy atom. The summed E-state index contributed by atoms with van der Waals surface area (Å²) < 4.78 is 0. The molecular weight excluding hydrogens is 312 g/mol. The summed E-state index contributed by atoms with van der Waals surface area (Å²) in [5.41, 5.74) is 9.09. The van der Waals surface area contributed by atoms with E-state index >= 15 is 0 Å². The Kier molecular flexibility index (Phi) is 6.33. The standard InChI is InChI=1S/C18H22N2S.ClH/c1-21-16-9-7-14(8-10-16)11-20-12-17(18(19)13-20)15-5-3-2-4-6-15;/h2-10,17-18H,11-13,19H2,1H3;1H/t17-,18+;/m0./s1. The molecule has 0 spiro atoms. The van der Waals surface area contributed by atoms with E-state index in [-0.39, 0.29) is 18.4 Å². The number of halogens is 1. The van der Waals surface area contributed by atoms with Gasteiger partial charge in [0.1, 0.15) is 0 Å². The normalized spacial score (nSPS) is 21.5. The predicted molar refractivity (Wildman–Crippen MR) is 97.9 cm³/mol. The van der Waals surface area contributed by atoms with Crippen LogP contribution in [0.1, 0.15) is 17.0 Å². The van der Waals surface area contributed by atoms with E-state index in [2.05, 4.69) is 65.8 Å². The number of nitrogens with two attached hydrogens (primary N) is 1. The van der Waals surface area contributed by atoms with Crippen LogP contribution in [0.2, 0.25) is 0 Å². The quantitative estimate of drug-likeness (QED) is 0.863. The first-order valence-corrected chi connectivity index (χ1v) is 8.64. The molecule has 0 amide bonds. The number of thioether (sulfide) groups is 1. The Hall–Kier alpha value is -1.00. The summed E-state index contributed by atoms with van der Waals surface area (Å²) in [6.45, 7) is 3.02. The van der Waals surface area contributed by atoms with E-state index in [0.717, 1.165) is 19.6 Å². The lowest BCUT2D eigenvalue weighted by Gasteiger charge is -2.16. The Morgan fingerprint density at radius 2 is 1.73 bits per heavy atom. The zero-order valence-electron chi connectivity index (χ0n) is 12.8. The van der Waals surface area contributed by atoms with Crippen LogP contribution in [0.25, 0.3) is 0 Å². The van der Waals surface area contributed by atoms with Crippen molar-refractivity contribution in [3.8, 4) is 0 Å². The van der Waals surface area contributed by atoms with Crippen molar-refractivity contribution >= 4 is 24.2 Å². The van der Waals surface area contributed by atoms with Crippen molar-refractivity contribution in [2.75, 3.05) is 19.3 Å². The first-order valence-electron chi connectivity index (χ1n) is 7.42. The van der Waals surface area contributed by atoms with Crippen LogP contribution in [0.15, 0.2) is 59.5 Å². The third kappa shape index (κ3) is 4.05. The molecule has 22 heavy (non-hydrogen) atoms. The van der Waals surface area contributed by atoms with E-state index in [4.69, 9.17) is 5.73 Å². The lowest BCUT2D eigenvalue weighted by molar-refractivity contribution is 0.324. The summed E-state index contributed by atoms with van der Waals surface area (Å²) in [4.78, 5) is 3.79. The maximum Gasteiger partial charge on any atom is 0.0250 e. The van der Waals surface area contributed by atoms with Gasteiger partial charge < -0.3 is 5.73 Å². The largest absolute Gasteiger partial charge is 0.326 e. The van der Waals surface area contributed by atoms with Crippen molar-refractivity contribution in [1.82, 2.24) is 4.90 Å². The van der Waals surface area contributed by atoms with Crippen LogP contribution >= 0.6 is 24.2 Å². The van der Waals surface area contributed by atoms with Crippen molar-refractivity contribution in [2.24, 2.45) is 5.73 Å². The molecule has 1 aliphatic heterocycles. The smallest absolute Gasteiger partial charge is 0.0250 e. The monoisotopic (exact) mass is 334 g/mol. The molecule has 2 atom stereocenters. The van der Waals surface area contributed by atoms with Crippen LogP contribution in [-0.2, 0) is 6.54 Å². The predicted octanol–water partition coefficient (Wildman–Crippen LogP) is 3.76. The van der Waals surface area contributed by atoms with Crippen molar-refractivity contribution in [1.29, 1.82) is 0 Å². The van der Waals surface area contributed by atoms with Crippen molar-refractivity contribution in [3.05, 3.63) is 65.7 Å². The highest BCUT2D eigenvalue weighted by atomic mass is 35.5. The fourth-order valence-corrected chi connectivity index (χ4v) is 3.49. The molecule has 118 valence electrons. The van der Waals surface area contributed by atoms with Gasteiger partial charge in [-0.15, -0.1) is 24.2 Å². The third-order valence-electron chi connectivity index (χ3n) is 4.23. The Morgan fingerprint density at radius 1 is 1.05 bits per heavy atom. The van der Waals surface area contributed by atoms with Gasteiger partial charge in [0.2, 0.25) is 0 Å². The number of hydrogen-bond acceptors (Lipinski definition) is 3. The van der Waals surface area contributed by atoms with Crippen LogP contribution < -0.4 is 5.73 Å². The number of rotatable bonds is 4. The van der Waals surface area contributed by atoms with Crippen molar-refractivity contribution < 1.29 is 0 Å². The number of likely N-dealkylation sites (tertiary alicyclic amines) is 1. The van der Waals surface area contributed by atoms with Gasteiger partial charge in [-0.25, -0.2) is 0 Å². The van der Waals surface area contributed by atoms with Crippen LogP contribution in [0.3, 0.4) is 0 Å². The molecule has 4 heteroatoms. The number of benzene rings is 2. The zero-order valence-corrected chi connectivity index (χ0v) is 14.4. The summed E-state index contributed by atoms with van der Waals surface area (Å²) >= 11 is 1.78. The second-order valence-electron chi connectivity index (χ2n) is 5.72. The molecule has 0 saturated carbocycles. The SMILES string of the molecule is CSc1ccc(CN2C[C@@H](N)[C@H](c3ccccc3)C2)cc1.Cl. The topological polar surface area (TPSA) is 29.3 Å². The lowest BCUT2D eigenvalue weighted by Crippen LogP contribution is -2.28. The molecule has 1 fully saturated rings. The molecule has 0 aromatic heterocycles. The maximum atomic E-state index is 6.36. The highest BCUT2D eigenvalue weighted by Gasteiger charge is 2.30. The van der Waals surface area contributed by atoms with Gasteiger partial charge in [0.25, 0.3) is 0 Å². The summed E-state index contributed by atoms with van der Waals surface area (Å²) in [7, 11) is 0. The van der Waals surface area contributed by atoms with E-state index < -0.39 is 0 Å². The van der Waals surface area contributed by atoms with Gasteiger partial charge in [-0.2, -0.15) is 0 Å². The molecule has 3 rings (SSSR count). The minimum atomic E-state index is 0. The van der Waals surface area contributed by atoms with Gasteiger partial charge in [0.05, 0.1) is 0 Å². The van der Waals surface area contributed by atoms with Crippen molar-refractivity contribution in [3.63, 3.8) is 0 Å². The molecule has 2 nitrogen and oxygen atoms in total. The van der Waals surface area contributed by atoms with Gasteiger partial charge in [-0.3, -0.25) is 4.90 Å². The zero-order chi connectivity index (χ0) is 14.7. The molecule has 0 bridgehead atoms. The minimum absolute atomic E-state index is 0. The first kappa shape index (κ1) is 17.4. The second-order valence-corrected chi connectivity index (χ2v) is 6.60. The highest BCUT2D eigenvalue weighted by molar-refractivity contribution is 7.98. The van der Waals surface area contributed by atoms with Gasteiger partial charge in [0.15, 0.2) is 0 Å². The minimum Gasteiger partial charge on any atom is -0.326 e. The third-order valence-corrected chi connectivity index (χ3v) is 4.98. The first-order chi connectivity index (χ1) is 10.3. The average molecular weight is 335 g/mol. The second kappa shape index (κ2) is 8.02. The fourth-order valence-electron chi connectivity index (χ4n) is 3.08. The molecule has 2 aromatic carbocycles. The molecule has 2 aromatic rings. The number of hydrogen-bond donors (Lipinski definition) is 1. The molecule has 2 N–H and O–H groups in total. The molecular formula is C18H23ClN2S. The van der Waals surface area contributed by atoms with Crippen LogP contribution in [-0.4, -0.2) is 30.3 Å². The van der Waals surface area contributed by atoms with Crippen LogP contribution in [0.5, 0.6) is 0 Å². The number of nitrogens with zero attached hydrogens (tertiary/aromatic N) is 1. The molecule has 1 heterocycles. The molecule has 1 aliphatic rings. The fraction of sp³-hybridized carbons (Fsp3) is 0.333. The van der Waals surface area contributed by atoms with E-state index in [0.29, 0.717) is 5.92 Å². The summed E-state index contributed by atoms with van der Waals surface area (Å²) in [5.74, 6) is 0.455. The Bertz CT molecular complexity index is 573. The summed E-state index contributed by atoms with van der Waals surface area (Å²) in [5, 5.41) is 0. The lowest BCUT2D eigenvalue weighted by atomic mass is 9.95. The Labute approximate surface area is 143 Å². The van der Waals surface area contributed by atoms with Crippen LogP contribution in [0, 0.1) is 0 Å².